The van der Waals surface area contributed by atoms with Gasteiger partial charge in [-0.2, -0.15) is 0 Å². The molecule has 0 bridgehead atoms. The van der Waals surface area contributed by atoms with Crippen LogP contribution in [0.5, 0.6) is 0 Å². The van der Waals surface area contributed by atoms with Crippen molar-refractivity contribution in [3.05, 3.63) is 35.4 Å². The van der Waals surface area contributed by atoms with E-state index in [0.29, 0.717) is 12.5 Å². The first-order chi connectivity index (χ1) is 12.7. The van der Waals surface area contributed by atoms with Crippen molar-refractivity contribution >= 4 is 5.91 Å². The molecular formula is C21H33N3O2. The molecule has 0 radical (unpaired) electrons. The van der Waals surface area contributed by atoms with Crippen molar-refractivity contribution in [1.82, 2.24) is 15.1 Å². The molecule has 1 heterocycles. The van der Waals surface area contributed by atoms with Gasteiger partial charge in [-0.05, 0) is 43.4 Å². The number of amides is 1. The molecule has 2 aliphatic rings. The molecular weight excluding hydrogens is 326 g/mol. The monoisotopic (exact) mass is 359 g/mol. The molecule has 0 spiro atoms. The third kappa shape index (κ3) is 5.79. The van der Waals surface area contributed by atoms with Crippen molar-refractivity contribution in [2.45, 2.75) is 45.9 Å². The summed E-state index contributed by atoms with van der Waals surface area (Å²) in [5.41, 5.74) is 2.51. The van der Waals surface area contributed by atoms with Crippen LogP contribution < -0.4 is 5.32 Å². The largest absolute Gasteiger partial charge is 0.368 e. The number of piperazine rings is 1. The van der Waals surface area contributed by atoms with E-state index in [1.54, 1.807) is 0 Å². The van der Waals surface area contributed by atoms with E-state index in [4.69, 9.17) is 4.74 Å². The van der Waals surface area contributed by atoms with Gasteiger partial charge in [-0.3, -0.25) is 9.69 Å². The summed E-state index contributed by atoms with van der Waals surface area (Å²) in [6.45, 7) is 12.0. The van der Waals surface area contributed by atoms with Gasteiger partial charge in [-0.15, -0.1) is 0 Å². The predicted molar refractivity (Wildman–Crippen MR) is 104 cm³/mol. The second-order valence-corrected chi connectivity index (χ2v) is 7.62. The summed E-state index contributed by atoms with van der Waals surface area (Å²) in [5.74, 6) is 0.663. The van der Waals surface area contributed by atoms with Crippen LogP contribution in [-0.4, -0.2) is 61.1 Å². The summed E-state index contributed by atoms with van der Waals surface area (Å²) in [4.78, 5) is 17.3. The summed E-state index contributed by atoms with van der Waals surface area (Å²) in [6.07, 6.45) is 2.12. The number of hydrogen-bond acceptors (Lipinski definition) is 4. The van der Waals surface area contributed by atoms with Crippen LogP contribution in [0.15, 0.2) is 24.3 Å². The van der Waals surface area contributed by atoms with Crippen LogP contribution in [0.1, 0.15) is 37.8 Å². The first-order valence-electron chi connectivity index (χ1n) is 10.1. The Bertz CT molecular complexity index is 580. The Kier molecular flexibility index (Phi) is 7.06. The summed E-state index contributed by atoms with van der Waals surface area (Å²) in [5, 5.41) is 3.05. The van der Waals surface area contributed by atoms with Crippen LogP contribution in [0.2, 0.25) is 0 Å². The van der Waals surface area contributed by atoms with E-state index >= 15 is 0 Å². The zero-order valence-corrected chi connectivity index (χ0v) is 16.2. The standard InChI is InChI=1S/C21H33N3O2/c1-3-23-10-12-24(13-11-23)15-20-7-5-4-6-19(20)14-22-21(25)17(2)26-16-18-8-9-18/h4-7,17-18H,3,8-16H2,1-2H3,(H,22,25). The second-order valence-electron chi connectivity index (χ2n) is 7.62. The Balaban J connectivity index is 1.48. The molecule has 1 N–H and O–H groups in total. The van der Waals surface area contributed by atoms with Gasteiger partial charge in [0.2, 0.25) is 5.91 Å². The number of nitrogens with zero attached hydrogens (tertiary/aromatic N) is 2. The smallest absolute Gasteiger partial charge is 0.249 e. The molecule has 0 aromatic heterocycles. The first kappa shape index (κ1) is 19.3. The average Bonchev–Trinajstić information content (AvgIpc) is 3.50. The lowest BCUT2D eigenvalue weighted by Crippen LogP contribution is -2.45. The number of carbonyl (C=O) groups is 1. The normalized spacial score (nSPS) is 20.1. The van der Waals surface area contributed by atoms with Gasteiger partial charge in [0.1, 0.15) is 6.10 Å². The van der Waals surface area contributed by atoms with Crippen molar-refractivity contribution in [3.8, 4) is 0 Å². The molecule has 1 unspecified atom stereocenters. The zero-order valence-electron chi connectivity index (χ0n) is 16.2. The van der Waals surface area contributed by atoms with Crippen LogP contribution in [0, 0.1) is 5.92 Å². The lowest BCUT2D eigenvalue weighted by atomic mass is 10.1. The van der Waals surface area contributed by atoms with E-state index in [1.807, 2.05) is 13.0 Å². The van der Waals surface area contributed by atoms with Gasteiger partial charge in [0, 0.05) is 39.3 Å². The number of benzene rings is 1. The molecule has 5 nitrogen and oxygen atoms in total. The molecule has 1 saturated heterocycles. The van der Waals surface area contributed by atoms with Gasteiger partial charge in [0.05, 0.1) is 6.61 Å². The van der Waals surface area contributed by atoms with E-state index in [-0.39, 0.29) is 12.0 Å². The fourth-order valence-corrected chi connectivity index (χ4v) is 3.36. The van der Waals surface area contributed by atoms with E-state index in [0.717, 1.165) is 45.9 Å². The van der Waals surface area contributed by atoms with E-state index in [1.165, 1.54) is 24.0 Å². The van der Waals surface area contributed by atoms with Gasteiger partial charge < -0.3 is 15.0 Å². The number of likely N-dealkylation sites (N-methyl/N-ethyl adjacent to an activating group) is 1. The highest BCUT2D eigenvalue weighted by Crippen LogP contribution is 2.29. The number of carbonyl (C=O) groups excluding carboxylic acids is 1. The van der Waals surface area contributed by atoms with Gasteiger partial charge in [0.15, 0.2) is 0 Å². The molecule has 1 aromatic carbocycles. The molecule has 1 aromatic rings. The molecule has 1 amide bonds. The van der Waals surface area contributed by atoms with E-state index < -0.39 is 0 Å². The van der Waals surface area contributed by atoms with Crippen molar-refractivity contribution in [2.24, 2.45) is 5.92 Å². The summed E-state index contributed by atoms with van der Waals surface area (Å²) >= 11 is 0. The summed E-state index contributed by atoms with van der Waals surface area (Å²) in [6, 6.07) is 8.44. The second kappa shape index (κ2) is 9.49. The highest BCUT2D eigenvalue weighted by atomic mass is 16.5. The third-order valence-electron chi connectivity index (χ3n) is 5.53. The van der Waals surface area contributed by atoms with E-state index in [2.05, 4.69) is 40.2 Å². The van der Waals surface area contributed by atoms with Gasteiger partial charge in [0.25, 0.3) is 0 Å². The third-order valence-corrected chi connectivity index (χ3v) is 5.53. The Morgan fingerprint density at radius 1 is 1.15 bits per heavy atom. The average molecular weight is 360 g/mol. The Morgan fingerprint density at radius 2 is 1.81 bits per heavy atom. The maximum Gasteiger partial charge on any atom is 0.249 e. The molecule has 2 fully saturated rings. The SMILES string of the molecule is CCN1CCN(Cc2ccccc2CNC(=O)C(C)OCC2CC2)CC1. The molecule has 1 aliphatic carbocycles. The molecule has 1 aliphatic heterocycles. The highest BCUT2D eigenvalue weighted by molar-refractivity contribution is 5.80. The molecule has 3 rings (SSSR count). The van der Waals surface area contributed by atoms with Gasteiger partial charge >= 0.3 is 0 Å². The fourth-order valence-electron chi connectivity index (χ4n) is 3.36. The van der Waals surface area contributed by atoms with Crippen molar-refractivity contribution in [2.75, 3.05) is 39.3 Å². The topological polar surface area (TPSA) is 44.8 Å². The molecule has 1 saturated carbocycles. The van der Waals surface area contributed by atoms with Crippen LogP contribution in [0.25, 0.3) is 0 Å². The Labute approximate surface area is 157 Å². The molecule has 26 heavy (non-hydrogen) atoms. The van der Waals surface area contributed by atoms with Gasteiger partial charge in [-0.25, -0.2) is 0 Å². The number of hydrogen-bond donors (Lipinski definition) is 1. The number of ether oxygens (including phenoxy) is 1. The van der Waals surface area contributed by atoms with Crippen LogP contribution in [-0.2, 0) is 22.6 Å². The summed E-state index contributed by atoms with van der Waals surface area (Å²) in [7, 11) is 0. The van der Waals surface area contributed by atoms with Crippen molar-refractivity contribution < 1.29 is 9.53 Å². The highest BCUT2D eigenvalue weighted by Gasteiger charge is 2.24. The number of rotatable bonds is 9. The van der Waals surface area contributed by atoms with Crippen molar-refractivity contribution in [1.29, 1.82) is 0 Å². The lowest BCUT2D eigenvalue weighted by molar-refractivity contribution is -0.132. The minimum absolute atomic E-state index is 0.0167. The number of nitrogens with one attached hydrogen (secondary N) is 1. The Hall–Kier alpha value is -1.43. The van der Waals surface area contributed by atoms with Crippen LogP contribution in [0.3, 0.4) is 0 Å². The van der Waals surface area contributed by atoms with Crippen LogP contribution >= 0.6 is 0 Å². The molecule has 1 atom stereocenters. The maximum atomic E-state index is 12.3. The summed E-state index contributed by atoms with van der Waals surface area (Å²) < 4.78 is 5.66. The predicted octanol–water partition coefficient (Wildman–Crippen LogP) is 2.26. The zero-order chi connectivity index (χ0) is 18.4. The fraction of sp³-hybridized carbons (Fsp3) is 0.667. The van der Waals surface area contributed by atoms with Crippen LogP contribution in [0.4, 0.5) is 0 Å². The van der Waals surface area contributed by atoms with E-state index in [9.17, 15) is 4.79 Å². The minimum Gasteiger partial charge on any atom is -0.368 e. The lowest BCUT2D eigenvalue weighted by Gasteiger charge is -2.34. The maximum absolute atomic E-state index is 12.3. The first-order valence-corrected chi connectivity index (χ1v) is 10.1. The minimum atomic E-state index is -0.370. The molecule has 144 valence electrons. The molecule has 5 heteroatoms. The van der Waals surface area contributed by atoms with Crippen molar-refractivity contribution in [3.63, 3.8) is 0 Å². The Morgan fingerprint density at radius 3 is 2.46 bits per heavy atom. The van der Waals surface area contributed by atoms with Gasteiger partial charge in [-0.1, -0.05) is 31.2 Å². The quantitative estimate of drug-likeness (QED) is 0.735.